The molecule has 2 rings (SSSR count). The lowest BCUT2D eigenvalue weighted by Gasteiger charge is -2.35. The molecule has 2 aliphatic heterocycles. The molecule has 6 nitrogen and oxygen atoms in total. The molecule has 0 bridgehead atoms. The Kier molecular flexibility index (Phi) is 5.01. The molecule has 19 heavy (non-hydrogen) atoms. The number of hydrogen-bond acceptors (Lipinski definition) is 3. The fourth-order valence-electron chi connectivity index (χ4n) is 2.45. The van der Waals surface area contributed by atoms with Crippen molar-refractivity contribution in [3.63, 3.8) is 0 Å². The van der Waals surface area contributed by atoms with Crippen LogP contribution in [0.15, 0.2) is 0 Å². The predicted octanol–water partition coefficient (Wildman–Crippen LogP) is 0.429. The quantitative estimate of drug-likeness (QED) is 0.808. The van der Waals surface area contributed by atoms with Gasteiger partial charge in [0.2, 0.25) is 0 Å². The molecule has 3 amide bonds. The van der Waals surface area contributed by atoms with E-state index in [0.717, 1.165) is 19.3 Å². The Morgan fingerprint density at radius 3 is 2.47 bits per heavy atom. The van der Waals surface area contributed by atoms with Crippen molar-refractivity contribution in [3.8, 4) is 0 Å². The van der Waals surface area contributed by atoms with Gasteiger partial charge >= 0.3 is 6.03 Å². The molecule has 0 aliphatic carbocycles. The van der Waals surface area contributed by atoms with E-state index in [1.54, 1.807) is 4.90 Å². The van der Waals surface area contributed by atoms with Crippen molar-refractivity contribution in [2.45, 2.75) is 32.3 Å². The normalized spacial score (nSPS) is 23.5. The predicted molar refractivity (Wildman–Crippen MR) is 70.8 cm³/mol. The third-order valence-corrected chi connectivity index (χ3v) is 3.61. The van der Waals surface area contributed by atoms with Crippen LogP contribution >= 0.6 is 0 Å². The van der Waals surface area contributed by atoms with Crippen molar-refractivity contribution >= 4 is 11.9 Å². The fourth-order valence-corrected chi connectivity index (χ4v) is 2.45. The first-order chi connectivity index (χ1) is 9.22. The molecule has 1 atom stereocenters. The first-order valence-electron chi connectivity index (χ1n) is 7.15. The highest BCUT2D eigenvalue weighted by atomic mass is 16.5. The third-order valence-electron chi connectivity index (χ3n) is 3.61. The lowest BCUT2D eigenvalue weighted by Crippen LogP contribution is -2.54. The van der Waals surface area contributed by atoms with E-state index in [1.807, 2.05) is 11.8 Å². The molecular formula is C13H23N3O3. The van der Waals surface area contributed by atoms with Crippen LogP contribution in [-0.2, 0) is 9.53 Å². The molecule has 0 aromatic rings. The maximum atomic E-state index is 12.1. The smallest absolute Gasteiger partial charge is 0.317 e. The van der Waals surface area contributed by atoms with Gasteiger partial charge in [0, 0.05) is 39.3 Å². The number of nitrogens with zero attached hydrogens (tertiary/aromatic N) is 2. The number of amides is 3. The first kappa shape index (κ1) is 14.1. The van der Waals surface area contributed by atoms with Crippen LogP contribution in [0.2, 0.25) is 0 Å². The van der Waals surface area contributed by atoms with Gasteiger partial charge < -0.3 is 19.9 Å². The molecule has 6 heteroatoms. The summed E-state index contributed by atoms with van der Waals surface area (Å²) in [7, 11) is 0. The van der Waals surface area contributed by atoms with Crippen LogP contribution in [0.4, 0.5) is 4.79 Å². The van der Waals surface area contributed by atoms with Crippen LogP contribution in [-0.4, -0.2) is 67.2 Å². The zero-order chi connectivity index (χ0) is 13.7. The molecule has 2 heterocycles. The van der Waals surface area contributed by atoms with Gasteiger partial charge in [-0.25, -0.2) is 4.79 Å². The van der Waals surface area contributed by atoms with E-state index in [2.05, 4.69) is 5.32 Å². The minimum atomic E-state index is -0.250. The van der Waals surface area contributed by atoms with Crippen LogP contribution < -0.4 is 5.32 Å². The van der Waals surface area contributed by atoms with Crippen molar-refractivity contribution < 1.29 is 14.3 Å². The highest BCUT2D eigenvalue weighted by Gasteiger charge is 2.31. The molecule has 0 aromatic heterocycles. The number of rotatable bonds is 3. The minimum absolute atomic E-state index is 0.0222. The summed E-state index contributed by atoms with van der Waals surface area (Å²) in [6.07, 6.45) is 2.48. The Labute approximate surface area is 114 Å². The zero-order valence-corrected chi connectivity index (χ0v) is 11.6. The number of carbonyl (C=O) groups is 2. The highest BCUT2D eigenvalue weighted by molar-refractivity contribution is 5.81. The molecule has 0 saturated carbocycles. The molecular weight excluding hydrogens is 246 g/mol. The number of hydrogen-bond donors (Lipinski definition) is 1. The zero-order valence-electron chi connectivity index (χ0n) is 11.6. The number of carbonyl (C=O) groups excluding carboxylic acids is 2. The molecule has 2 saturated heterocycles. The first-order valence-corrected chi connectivity index (χ1v) is 7.15. The van der Waals surface area contributed by atoms with Crippen LogP contribution in [0.1, 0.15) is 26.2 Å². The Bertz CT molecular complexity index is 321. The number of urea groups is 1. The lowest BCUT2D eigenvalue weighted by molar-refractivity contribution is -0.142. The average Bonchev–Trinajstić information content (AvgIpc) is 2.98. The van der Waals surface area contributed by atoms with Crippen LogP contribution in [0.3, 0.4) is 0 Å². The molecule has 1 unspecified atom stereocenters. The SMILES string of the molecule is CCCNC(=O)N1CCN(C(=O)C2CCCO2)CC1. The maximum absolute atomic E-state index is 12.1. The van der Waals surface area contributed by atoms with Crippen molar-refractivity contribution in [3.05, 3.63) is 0 Å². The minimum Gasteiger partial charge on any atom is -0.368 e. The summed E-state index contributed by atoms with van der Waals surface area (Å²) in [4.78, 5) is 27.5. The van der Waals surface area contributed by atoms with Gasteiger partial charge in [-0.15, -0.1) is 0 Å². The number of nitrogens with one attached hydrogen (secondary N) is 1. The van der Waals surface area contributed by atoms with Crippen molar-refractivity contribution in [1.29, 1.82) is 0 Å². The Morgan fingerprint density at radius 1 is 1.21 bits per heavy atom. The summed E-state index contributed by atoms with van der Waals surface area (Å²) in [6, 6.07) is -0.0222. The van der Waals surface area contributed by atoms with E-state index in [9.17, 15) is 9.59 Å². The summed E-state index contributed by atoms with van der Waals surface area (Å²) < 4.78 is 5.41. The van der Waals surface area contributed by atoms with Crippen molar-refractivity contribution in [2.24, 2.45) is 0 Å². The van der Waals surface area contributed by atoms with E-state index < -0.39 is 0 Å². The summed E-state index contributed by atoms with van der Waals surface area (Å²) in [5.74, 6) is 0.0890. The molecule has 0 radical (unpaired) electrons. The largest absolute Gasteiger partial charge is 0.368 e. The maximum Gasteiger partial charge on any atom is 0.317 e. The third kappa shape index (κ3) is 3.59. The van der Waals surface area contributed by atoms with E-state index in [-0.39, 0.29) is 18.0 Å². The monoisotopic (exact) mass is 269 g/mol. The highest BCUT2D eigenvalue weighted by Crippen LogP contribution is 2.15. The van der Waals surface area contributed by atoms with Gasteiger partial charge in [0.15, 0.2) is 0 Å². The van der Waals surface area contributed by atoms with Gasteiger partial charge in [-0.1, -0.05) is 6.92 Å². The fraction of sp³-hybridized carbons (Fsp3) is 0.846. The topological polar surface area (TPSA) is 61.9 Å². The molecule has 0 spiro atoms. The number of ether oxygens (including phenoxy) is 1. The van der Waals surface area contributed by atoms with Gasteiger partial charge in [0.1, 0.15) is 6.10 Å². The molecule has 2 aliphatic rings. The molecule has 1 N–H and O–H groups in total. The number of piperazine rings is 1. The molecule has 2 fully saturated rings. The second-order valence-electron chi connectivity index (χ2n) is 5.05. The van der Waals surface area contributed by atoms with Gasteiger partial charge in [0.25, 0.3) is 5.91 Å². The van der Waals surface area contributed by atoms with E-state index in [4.69, 9.17) is 4.74 Å². The van der Waals surface area contributed by atoms with Crippen LogP contribution in [0.5, 0.6) is 0 Å². The van der Waals surface area contributed by atoms with Gasteiger partial charge in [-0.2, -0.15) is 0 Å². The van der Waals surface area contributed by atoms with Crippen LogP contribution in [0.25, 0.3) is 0 Å². The van der Waals surface area contributed by atoms with Crippen molar-refractivity contribution in [2.75, 3.05) is 39.3 Å². The van der Waals surface area contributed by atoms with Gasteiger partial charge in [-0.05, 0) is 19.3 Å². The Hall–Kier alpha value is -1.30. The summed E-state index contributed by atoms with van der Waals surface area (Å²) in [5, 5.41) is 2.86. The second kappa shape index (κ2) is 6.75. The lowest BCUT2D eigenvalue weighted by atomic mass is 10.2. The Morgan fingerprint density at radius 2 is 1.89 bits per heavy atom. The van der Waals surface area contributed by atoms with Crippen molar-refractivity contribution in [1.82, 2.24) is 15.1 Å². The standard InChI is InChI=1S/C13H23N3O3/c1-2-5-14-13(18)16-8-6-15(7-9-16)12(17)11-4-3-10-19-11/h11H,2-10H2,1H3,(H,14,18). The second-order valence-corrected chi connectivity index (χ2v) is 5.05. The summed E-state index contributed by atoms with van der Waals surface area (Å²) in [5.41, 5.74) is 0. The van der Waals surface area contributed by atoms with E-state index in [1.165, 1.54) is 0 Å². The Balaban J connectivity index is 1.75. The summed E-state index contributed by atoms with van der Waals surface area (Å²) in [6.45, 7) is 5.85. The summed E-state index contributed by atoms with van der Waals surface area (Å²) >= 11 is 0. The molecule has 0 aromatic carbocycles. The molecule has 108 valence electrons. The van der Waals surface area contributed by atoms with Gasteiger partial charge in [-0.3, -0.25) is 4.79 Å². The average molecular weight is 269 g/mol. The van der Waals surface area contributed by atoms with E-state index >= 15 is 0 Å². The van der Waals surface area contributed by atoms with Gasteiger partial charge in [0.05, 0.1) is 0 Å². The van der Waals surface area contributed by atoms with E-state index in [0.29, 0.717) is 39.3 Å². The van der Waals surface area contributed by atoms with Crippen LogP contribution in [0, 0.1) is 0 Å².